The molecule has 2 amide bonds. The number of carbonyl (C=O) groups is 2. The van der Waals surface area contributed by atoms with Gasteiger partial charge in [0.1, 0.15) is 0 Å². The molecule has 3 rings (SSSR count). The van der Waals surface area contributed by atoms with Crippen LogP contribution >= 0.6 is 0 Å². The Morgan fingerprint density at radius 3 is 1.84 bits per heavy atom. The number of hydrogen-bond donors (Lipinski definition) is 2. The third-order valence-electron chi connectivity index (χ3n) is 3.74. The number of carbonyl (C=O) groups excluding carboxylic acids is 2. The number of hydrogen-bond acceptors (Lipinski definition) is 2. The topological polar surface area (TPSA) is 58.2 Å². The summed E-state index contributed by atoms with van der Waals surface area (Å²) in [6.07, 6.45) is 0. The van der Waals surface area contributed by atoms with Crippen molar-refractivity contribution in [2.24, 2.45) is 0 Å². The van der Waals surface area contributed by atoms with Gasteiger partial charge in [-0.05, 0) is 42.0 Å². The van der Waals surface area contributed by atoms with Crippen LogP contribution in [0.1, 0.15) is 26.3 Å². The normalized spacial score (nSPS) is 10.1. The third kappa shape index (κ3) is 4.54. The molecular formula is C21H18N2O2. The Morgan fingerprint density at radius 2 is 1.20 bits per heavy atom. The van der Waals surface area contributed by atoms with Crippen molar-refractivity contribution in [3.05, 3.63) is 102 Å². The lowest BCUT2D eigenvalue weighted by Crippen LogP contribution is -2.22. The second kappa shape index (κ2) is 7.93. The summed E-state index contributed by atoms with van der Waals surface area (Å²) in [6, 6.07) is 25.6. The van der Waals surface area contributed by atoms with E-state index < -0.39 is 0 Å². The highest BCUT2D eigenvalue weighted by atomic mass is 16.2. The molecule has 0 aliphatic heterocycles. The number of benzene rings is 3. The summed E-state index contributed by atoms with van der Waals surface area (Å²) >= 11 is 0. The van der Waals surface area contributed by atoms with Crippen molar-refractivity contribution in [2.45, 2.75) is 6.54 Å². The molecule has 0 fully saturated rings. The molecule has 3 aromatic rings. The lowest BCUT2D eigenvalue weighted by molar-refractivity contribution is 0.0950. The molecule has 0 saturated carbocycles. The zero-order chi connectivity index (χ0) is 17.5. The first kappa shape index (κ1) is 16.5. The van der Waals surface area contributed by atoms with Crippen LogP contribution in [0.15, 0.2) is 84.9 Å². The molecule has 25 heavy (non-hydrogen) atoms. The van der Waals surface area contributed by atoms with E-state index in [1.54, 1.807) is 36.4 Å². The first-order valence-electron chi connectivity index (χ1n) is 8.01. The van der Waals surface area contributed by atoms with Gasteiger partial charge in [0.15, 0.2) is 0 Å². The van der Waals surface area contributed by atoms with Gasteiger partial charge in [-0.1, -0.05) is 48.5 Å². The summed E-state index contributed by atoms with van der Waals surface area (Å²) in [7, 11) is 0. The highest BCUT2D eigenvalue weighted by molar-refractivity contribution is 6.04. The summed E-state index contributed by atoms with van der Waals surface area (Å²) in [5.41, 5.74) is 2.83. The molecule has 4 nitrogen and oxygen atoms in total. The molecule has 0 aliphatic rings. The van der Waals surface area contributed by atoms with Crippen LogP contribution in [0.2, 0.25) is 0 Å². The number of amides is 2. The van der Waals surface area contributed by atoms with Crippen LogP contribution in [0.3, 0.4) is 0 Å². The molecule has 0 spiro atoms. The Hall–Kier alpha value is -3.40. The smallest absolute Gasteiger partial charge is 0.255 e. The predicted octanol–water partition coefficient (Wildman–Crippen LogP) is 3.87. The van der Waals surface area contributed by atoms with E-state index in [2.05, 4.69) is 10.6 Å². The molecule has 0 heterocycles. The van der Waals surface area contributed by atoms with E-state index in [4.69, 9.17) is 0 Å². The Labute approximate surface area is 146 Å². The molecule has 0 aliphatic carbocycles. The van der Waals surface area contributed by atoms with Gasteiger partial charge in [-0.15, -0.1) is 0 Å². The fourth-order valence-corrected chi connectivity index (χ4v) is 2.38. The quantitative estimate of drug-likeness (QED) is 0.746. The Bertz CT molecular complexity index is 844. The molecule has 124 valence electrons. The van der Waals surface area contributed by atoms with E-state index in [1.807, 2.05) is 48.5 Å². The first-order valence-corrected chi connectivity index (χ1v) is 8.01. The van der Waals surface area contributed by atoms with Crippen LogP contribution in [0.5, 0.6) is 0 Å². The lowest BCUT2D eigenvalue weighted by Gasteiger charge is -2.08. The maximum absolute atomic E-state index is 12.2. The monoisotopic (exact) mass is 330 g/mol. The van der Waals surface area contributed by atoms with Crippen LogP contribution in [0, 0.1) is 0 Å². The van der Waals surface area contributed by atoms with Gasteiger partial charge < -0.3 is 10.6 Å². The molecule has 0 aromatic heterocycles. The molecule has 0 saturated heterocycles. The minimum absolute atomic E-state index is 0.148. The molecule has 0 atom stereocenters. The van der Waals surface area contributed by atoms with Gasteiger partial charge in [0.05, 0.1) is 0 Å². The van der Waals surface area contributed by atoms with Gasteiger partial charge in [0.25, 0.3) is 11.8 Å². The summed E-state index contributed by atoms with van der Waals surface area (Å²) in [5, 5.41) is 5.69. The van der Waals surface area contributed by atoms with E-state index >= 15 is 0 Å². The van der Waals surface area contributed by atoms with Crippen LogP contribution in [-0.2, 0) is 6.54 Å². The largest absolute Gasteiger partial charge is 0.348 e. The summed E-state index contributed by atoms with van der Waals surface area (Å²) in [5.74, 6) is -0.327. The molecule has 2 N–H and O–H groups in total. The maximum Gasteiger partial charge on any atom is 0.255 e. The van der Waals surface area contributed by atoms with Crippen LogP contribution in [0.25, 0.3) is 0 Å². The lowest BCUT2D eigenvalue weighted by atomic mass is 10.1. The van der Waals surface area contributed by atoms with Crippen molar-refractivity contribution in [3.8, 4) is 0 Å². The number of rotatable bonds is 5. The fraction of sp³-hybridized carbons (Fsp3) is 0.0476. The zero-order valence-electron chi connectivity index (χ0n) is 13.6. The van der Waals surface area contributed by atoms with Crippen molar-refractivity contribution in [2.75, 3.05) is 5.32 Å². The molecule has 3 aromatic carbocycles. The van der Waals surface area contributed by atoms with E-state index in [1.165, 1.54) is 0 Å². The van der Waals surface area contributed by atoms with Crippen molar-refractivity contribution < 1.29 is 9.59 Å². The molecule has 0 radical (unpaired) electrons. The first-order chi connectivity index (χ1) is 12.2. The number of anilines is 1. The van der Waals surface area contributed by atoms with Gasteiger partial charge in [-0.2, -0.15) is 0 Å². The van der Waals surface area contributed by atoms with Crippen molar-refractivity contribution in [1.29, 1.82) is 0 Å². The standard InChI is InChI=1S/C21H18N2O2/c24-20(22-15-16-7-3-1-4-8-16)18-11-13-19(14-12-18)23-21(25)17-9-5-2-6-10-17/h1-14H,15H2,(H,22,24)(H,23,25). The minimum Gasteiger partial charge on any atom is -0.348 e. The average molecular weight is 330 g/mol. The van der Waals surface area contributed by atoms with Gasteiger partial charge in [-0.3, -0.25) is 9.59 Å². The van der Waals surface area contributed by atoms with Gasteiger partial charge in [0, 0.05) is 23.4 Å². The third-order valence-corrected chi connectivity index (χ3v) is 3.74. The van der Waals surface area contributed by atoms with E-state index in [0.717, 1.165) is 5.56 Å². The fourth-order valence-electron chi connectivity index (χ4n) is 2.38. The van der Waals surface area contributed by atoms with Crippen LogP contribution < -0.4 is 10.6 Å². The van der Waals surface area contributed by atoms with E-state index in [0.29, 0.717) is 23.4 Å². The summed E-state index contributed by atoms with van der Waals surface area (Å²) in [4.78, 5) is 24.3. The second-order valence-electron chi connectivity index (χ2n) is 5.57. The molecule has 4 heteroatoms. The van der Waals surface area contributed by atoms with Gasteiger partial charge >= 0.3 is 0 Å². The predicted molar refractivity (Wildman–Crippen MR) is 98.4 cm³/mol. The SMILES string of the molecule is O=C(NCc1ccccc1)c1ccc(NC(=O)c2ccccc2)cc1. The second-order valence-corrected chi connectivity index (χ2v) is 5.57. The Morgan fingerprint density at radius 1 is 0.640 bits per heavy atom. The van der Waals surface area contributed by atoms with Crippen molar-refractivity contribution in [3.63, 3.8) is 0 Å². The summed E-state index contributed by atoms with van der Waals surface area (Å²) in [6.45, 7) is 0.478. The number of nitrogens with one attached hydrogen (secondary N) is 2. The maximum atomic E-state index is 12.2. The van der Waals surface area contributed by atoms with E-state index in [9.17, 15) is 9.59 Å². The molecule has 0 bridgehead atoms. The van der Waals surface area contributed by atoms with Crippen LogP contribution in [-0.4, -0.2) is 11.8 Å². The van der Waals surface area contributed by atoms with Crippen molar-refractivity contribution in [1.82, 2.24) is 5.32 Å². The Kier molecular flexibility index (Phi) is 5.22. The highest BCUT2D eigenvalue weighted by Gasteiger charge is 2.07. The summed E-state index contributed by atoms with van der Waals surface area (Å²) < 4.78 is 0. The Balaban J connectivity index is 1.58. The van der Waals surface area contributed by atoms with Gasteiger partial charge in [0.2, 0.25) is 0 Å². The molecule has 0 unspecified atom stereocenters. The molecular weight excluding hydrogens is 312 g/mol. The average Bonchev–Trinajstić information content (AvgIpc) is 2.68. The zero-order valence-corrected chi connectivity index (χ0v) is 13.6. The van der Waals surface area contributed by atoms with Crippen molar-refractivity contribution >= 4 is 17.5 Å². The van der Waals surface area contributed by atoms with E-state index in [-0.39, 0.29) is 11.8 Å². The highest BCUT2D eigenvalue weighted by Crippen LogP contribution is 2.12. The minimum atomic E-state index is -0.179. The van der Waals surface area contributed by atoms with Gasteiger partial charge in [-0.25, -0.2) is 0 Å². The van der Waals surface area contributed by atoms with Crippen LogP contribution in [0.4, 0.5) is 5.69 Å².